The molecule has 2 saturated heterocycles. The lowest BCUT2D eigenvalue weighted by atomic mass is 9.64. The Bertz CT molecular complexity index is 3610. The Kier molecular flexibility index (Phi) is 15.6. The molecule has 17 nitrogen and oxygen atoms in total. The maximum absolute atomic E-state index is 17.1. The van der Waals surface area contributed by atoms with Gasteiger partial charge in [0, 0.05) is 42.9 Å². The molecule has 6 atom stereocenters. The first kappa shape index (κ1) is 54.6. The van der Waals surface area contributed by atoms with Crippen molar-refractivity contribution in [1.82, 2.24) is 14.7 Å². The molecule has 0 bridgehead atoms. The molecule has 2 fully saturated rings. The number of carbonyl (C=O) groups excluding carboxylic acids is 4. The van der Waals surface area contributed by atoms with Crippen LogP contribution in [0.2, 0.25) is 0 Å². The van der Waals surface area contributed by atoms with Gasteiger partial charge in [-0.1, -0.05) is 121 Å². The number of nitro groups is 1. The quantitative estimate of drug-likeness (QED) is 0.0443. The largest absolute Gasteiger partial charge is 0.493 e. The molecule has 1 spiro atoms. The van der Waals surface area contributed by atoms with E-state index in [1.807, 2.05) is 115 Å². The van der Waals surface area contributed by atoms with Gasteiger partial charge in [0.15, 0.2) is 11.5 Å². The third-order valence-corrected chi connectivity index (χ3v) is 15.9. The molecule has 4 heterocycles. The predicted octanol–water partition coefficient (Wildman–Crippen LogP) is 9.05. The van der Waals surface area contributed by atoms with Crippen LogP contribution in [0.4, 0.5) is 16.2 Å². The summed E-state index contributed by atoms with van der Waals surface area (Å²) >= 11 is 0. The summed E-state index contributed by atoms with van der Waals surface area (Å²) in [6, 6.07) is 46.3. The van der Waals surface area contributed by atoms with E-state index in [1.165, 1.54) is 31.4 Å². The number of para-hydroxylation sites is 1. The number of nitrogens with zero attached hydrogens (tertiary/aromatic N) is 5. The Morgan fingerprint density at radius 1 is 0.780 bits per heavy atom. The van der Waals surface area contributed by atoms with Crippen molar-refractivity contribution in [3.05, 3.63) is 230 Å². The van der Waals surface area contributed by atoms with Gasteiger partial charge in [0.25, 0.3) is 5.69 Å². The van der Waals surface area contributed by atoms with Crippen molar-refractivity contribution in [2.75, 3.05) is 52.5 Å². The summed E-state index contributed by atoms with van der Waals surface area (Å²) in [6.07, 6.45) is -1.72. The summed E-state index contributed by atoms with van der Waals surface area (Å²) < 4.78 is 30.6. The number of nitro benzene ring substituents is 1. The molecule has 0 aromatic heterocycles. The molecule has 0 radical (unpaired) electrons. The van der Waals surface area contributed by atoms with Crippen LogP contribution in [0, 0.1) is 27.9 Å². The minimum Gasteiger partial charge on any atom is -0.493 e. The maximum atomic E-state index is 17.1. The van der Waals surface area contributed by atoms with Gasteiger partial charge in [0.1, 0.15) is 36.5 Å². The molecule has 11 rings (SSSR count). The van der Waals surface area contributed by atoms with Crippen LogP contribution in [0.5, 0.6) is 17.2 Å². The highest BCUT2D eigenvalue weighted by Gasteiger charge is 2.76. The smallest absolute Gasteiger partial charge is 0.421 e. The van der Waals surface area contributed by atoms with Crippen LogP contribution >= 0.6 is 0 Å². The zero-order valence-electron chi connectivity index (χ0n) is 45.4. The number of amides is 3. The van der Waals surface area contributed by atoms with Crippen LogP contribution in [0.3, 0.4) is 0 Å². The fourth-order valence-corrected chi connectivity index (χ4v) is 12.3. The Hall–Kier alpha value is -9.34. The van der Waals surface area contributed by atoms with E-state index in [1.54, 1.807) is 54.5 Å². The summed E-state index contributed by atoms with van der Waals surface area (Å²) in [7, 11) is 5.04. The second kappa shape index (κ2) is 23.4. The number of morpholine rings is 1. The average molecular weight is 1100 g/mol. The first-order valence-electron chi connectivity index (χ1n) is 27.0. The van der Waals surface area contributed by atoms with E-state index >= 15 is 19.2 Å². The summed E-state index contributed by atoms with van der Waals surface area (Å²) in [5.41, 5.74) is 3.35. The number of aliphatic hydroxyl groups excluding tert-OH is 1. The normalized spacial score (nSPS) is 20.7. The number of anilines is 1. The molecule has 3 amide bonds. The number of carbonyl (C=O) groups is 4. The highest BCUT2D eigenvalue weighted by molar-refractivity contribution is 6.23. The molecule has 4 aliphatic rings. The van der Waals surface area contributed by atoms with Crippen LogP contribution in [0.25, 0.3) is 0 Å². The molecule has 17 heteroatoms. The standard InChI is InChI=1S/C65H59N5O12/c1-66(39-43-16-7-4-8-17-43)32-15-18-42-27-30-52-51(36-42)65(63(74)68(52)64(75)81-41-44-25-28-49(29-26-44)70(76)77)56(61(72)67-33-31-47-37-54(78-2)55(79-3)38-48(47)40-67)58-62(73)82-59(46-21-11-6-12-22-46)57(45-19-9-5-10-20-45)69(58)60(65)50-23-13-14-24-53(50)80-35-34-71/h4-14,16-17,19-30,36-38,56-60,71H,31-35,39-41H2,1-3H3/t56-,57-,58-,59+,60+,65-/m1/s1. The molecule has 0 unspecified atom stereocenters. The Balaban J connectivity index is 1.16. The second-order valence-electron chi connectivity index (χ2n) is 20.7. The Labute approximate surface area is 474 Å². The minimum absolute atomic E-state index is 0.0581. The van der Waals surface area contributed by atoms with Crippen LogP contribution in [-0.2, 0) is 55.4 Å². The van der Waals surface area contributed by atoms with Gasteiger partial charge < -0.3 is 33.7 Å². The number of esters is 1. The number of non-ortho nitro benzene ring substituents is 1. The zero-order chi connectivity index (χ0) is 57.1. The van der Waals surface area contributed by atoms with Crippen LogP contribution < -0.4 is 19.1 Å². The number of cyclic esters (lactones) is 1. The fourth-order valence-electron chi connectivity index (χ4n) is 12.3. The molecular formula is C65H59N5O12. The molecular weight excluding hydrogens is 1040 g/mol. The maximum Gasteiger partial charge on any atom is 0.421 e. The number of aliphatic hydroxyl groups is 1. The number of ether oxygens (including phenoxy) is 5. The van der Waals surface area contributed by atoms with Gasteiger partial charge in [-0.25, -0.2) is 9.69 Å². The first-order valence-corrected chi connectivity index (χ1v) is 27.0. The van der Waals surface area contributed by atoms with E-state index in [-0.39, 0.29) is 55.6 Å². The molecule has 0 aliphatic carbocycles. The zero-order valence-corrected chi connectivity index (χ0v) is 45.4. The fraction of sp³-hybridized carbons (Fsp3) is 0.262. The van der Waals surface area contributed by atoms with Crippen molar-refractivity contribution in [2.45, 2.75) is 55.8 Å². The first-order chi connectivity index (χ1) is 39.9. The van der Waals surface area contributed by atoms with E-state index in [2.05, 4.69) is 16.7 Å². The Morgan fingerprint density at radius 2 is 1.44 bits per heavy atom. The number of methoxy groups -OCH3 is 2. The minimum atomic E-state index is -2.20. The van der Waals surface area contributed by atoms with Gasteiger partial charge in [0.2, 0.25) is 11.8 Å². The van der Waals surface area contributed by atoms with E-state index in [9.17, 15) is 15.2 Å². The Morgan fingerprint density at radius 3 is 2.12 bits per heavy atom. The van der Waals surface area contributed by atoms with Crippen LogP contribution in [-0.4, -0.2) is 102 Å². The van der Waals surface area contributed by atoms with Gasteiger partial charge in [-0.3, -0.25) is 34.3 Å². The van der Waals surface area contributed by atoms with Crippen molar-refractivity contribution >= 4 is 35.3 Å². The summed E-state index contributed by atoms with van der Waals surface area (Å²) in [6.45, 7) is 0.314. The average Bonchev–Trinajstić information content (AvgIpc) is 1.61. The summed E-state index contributed by atoms with van der Waals surface area (Å²) in [4.78, 5) is 82.6. The van der Waals surface area contributed by atoms with Crippen molar-refractivity contribution in [2.24, 2.45) is 5.92 Å². The lowest BCUT2D eigenvalue weighted by molar-refractivity contribution is -0.384. The van der Waals surface area contributed by atoms with Gasteiger partial charge in [-0.15, -0.1) is 0 Å². The van der Waals surface area contributed by atoms with Crippen molar-refractivity contribution < 1.29 is 52.9 Å². The third-order valence-electron chi connectivity index (χ3n) is 15.9. The van der Waals surface area contributed by atoms with Crippen LogP contribution in [0.1, 0.15) is 68.3 Å². The topological polar surface area (TPSA) is 191 Å². The number of rotatable bonds is 15. The lowest BCUT2D eigenvalue weighted by Gasteiger charge is -2.46. The number of benzene rings is 7. The van der Waals surface area contributed by atoms with Crippen LogP contribution in [0.15, 0.2) is 170 Å². The van der Waals surface area contributed by atoms with Crippen molar-refractivity contribution in [3.8, 4) is 29.1 Å². The number of fused-ring (bicyclic) bond motifs is 4. The number of imide groups is 1. The summed E-state index contributed by atoms with van der Waals surface area (Å²) in [5.74, 6) is 4.04. The number of hydrogen-bond donors (Lipinski definition) is 1. The third kappa shape index (κ3) is 10.1. The highest BCUT2D eigenvalue weighted by atomic mass is 16.6. The van der Waals surface area contributed by atoms with Gasteiger partial charge in [-0.05, 0) is 101 Å². The lowest BCUT2D eigenvalue weighted by Crippen LogP contribution is -2.57. The molecule has 416 valence electrons. The SMILES string of the molecule is COc1cc2c(cc1OC)CN(C(=O)[C@H]1[C@@H]3C(=O)O[C@@H](c4ccccc4)[C@@H](c4ccccc4)N3[C@@H](c3ccccc3OCCO)[C@]13C(=O)N(C(=O)OCc1ccc([N+](=O)[O-])cc1)c1ccc(C#CCN(C)Cc4ccccc4)cc13)CC2. The van der Waals surface area contributed by atoms with Gasteiger partial charge in [0.05, 0.1) is 56.0 Å². The molecule has 4 aliphatic heterocycles. The second-order valence-corrected chi connectivity index (χ2v) is 20.7. The van der Waals surface area contributed by atoms with E-state index < -0.39 is 64.4 Å². The van der Waals surface area contributed by atoms with Gasteiger partial charge in [-0.2, -0.15) is 0 Å². The van der Waals surface area contributed by atoms with E-state index in [4.69, 9.17) is 23.7 Å². The van der Waals surface area contributed by atoms with Gasteiger partial charge >= 0.3 is 12.1 Å². The summed E-state index contributed by atoms with van der Waals surface area (Å²) in [5, 5.41) is 21.9. The molecule has 7 aromatic carbocycles. The highest BCUT2D eigenvalue weighted by Crippen LogP contribution is 2.67. The monoisotopic (exact) mass is 1100 g/mol. The van der Waals surface area contributed by atoms with E-state index in [0.717, 1.165) is 21.6 Å². The predicted molar refractivity (Wildman–Crippen MR) is 303 cm³/mol. The van der Waals surface area contributed by atoms with E-state index in [0.29, 0.717) is 58.8 Å². The van der Waals surface area contributed by atoms with Crippen molar-refractivity contribution in [3.63, 3.8) is 0 Å². The molecule has 7 aromatic rings. The van der Waals surface area contributed by atoms with Crippen molar-refractivity contribution in [1.29, 1.82) is 0 Å². The molecule has 82 heavy (non-hydrogen) atoms. The number of hydrogen-bond acceptors (Lipinski definition) is 14. The molecule has 0 saturated carbocycles. The molecule has 1 N–H and O–H groups in total.